The highest BCUT2D eigenvalue weighted by Crippen LogP contribution is 2.09. The first-order valence-corrected chi connectivity index (χ1v) is 6.99. The molecule has 0 aliphatic carbocycles. The van der Waals surface area contributed by atoms with Crippen molar-refractivity contribution in [3.8, 4) is 5.69 Å². The van der Waals surface area contributed by atoms with E-state index in [1.165, 1.54) is 0 Å². The lowest BCUT2D eigenvalue weighted by atomic mass is 10.1. The monoisotopic (exact) mass is 288 g/mol. The number of nitrogens with one attached hydrogen (secondary N) is 1. The molecule has 0 aliphatic rings. The molecule has 1 heterocycles. The number of hydrogen-bond acceptors (Lipinski definition) is 4. The van der Waals surface area contributed by atoms with E-state index in [9.17, 15) is 9.90 Å². The summed E-state index contributed by atoms with van der Waals surface area (Å²) in [5, 5.41) is 20.2. The fourth-order valence-corrected chi connectivity index (χ4v) is 2.08. The van der Waals surface area contributed by atoms with Gasteiger partial charge in [-0.1, -0.05) is 25.1 Å². The highest BCUT2D eigenvalue weighted by Gasteiger charge is 2.11. The van der Waals surface area contributed by atoms with Gasteiger partial charge in [0, 0.05) is 12.1 Å². The fraction of sp³-hybridized carbons (Fsp3) is 0.400. The normalized spacial score (nSPS) is 12.4. The number of rotatable bonds is 6. The molecule has 0 saturated heterocycles. The fourth-order valence-electron chi connectivity index (χ4n) is 2.08. The van der Waals surface area contributed by atoms with Crippen molar-refractivity contribution in [1.82, 2.24) is 20.3 Å². The second-order valence-electron chi connectivity index (χ2n) is 5.39. The van der Waals surface area contributed by atoms with E-state index >= 15 is 0 Å². The van der Waals surface area contributed by atoms with Crippen LogP contribution in [-0.4, -0.2) is 38.7 Å². The third kappa shape index (κ3) is 4.39. The molecule has 6 heteroatoms. The van der Waals surface area contributed by atoms with E-state index < -0.39 is 6.10 Å². The molecule has 1 atom stereocenters. The topological polar surface area (TPSA) is 80.0 Å². The van der Waals surface area contributed by atoms with Crippen LogP contribution in [0.3, 0.4) is 0 Å². The maximum absolute atomic E-state index is 12.1. The number of amides is 1. The summed E-state index contributed by atoms with van der Waals surface area (Å²) in [5.41, 5.74) is 1.29. The van der Waals surface area contributed by atoms with Gasteiger partial charge in [-0.25, -0.2) is 4.68 Å². The molecule has 112 valence electrons. The van der Waals surface area contributed by atoms with Crippen LogP contribution in [0.4, 0.5) is 0 Å². The Morgan fingerprint density at radius 3 is 2.90 bits per heavy atom. The minimum Gasteiger partial charge on any atom is -0.391 e. The Morgan fingerprint density at radius 1 is 1.43 bits per heavy atom. The van der Waals surface area contributed by atoms with E-state index in [1.54, 1.807) is 35.3 Å². The van der Waals surface area contributed by atoms with Crippen LogP contribution in [-0.2, 0) is 0 Å². The van der Waals surface area contributed by atoms with Crippen molar-refractivity contribution >= 4 is 5.91 Å². The van der Waals surface area contributed by atoms with Crippen LogP contribution < -0.4 is 5.32 Å². The third-order valence-corrected chi connectivity index (χ3v) is 3.04. The Kier molecular flexibility index (Phi) is 5.05. The molecule has 0 radical (unpaired) electrons. The summed E-state index contributed by atoms with van der Waals surface area (Å²) in [4.78, 5) is 12.1. The van der Waals surface area contributed by atoms with Crippen molar-refractivity contribution in [2.75, 3.05) is 6.54 Å². The summed E-state index contributed by atoms with van der Waals surface area (Å²) in [5.74, 6) is 0.187. The molecule has 0 aliphatic heterocycles. The average molecular weight is 288 g/mol. The molecule has 0 saturated carbocycles. The molecular formula is C15H20N4O2. The van der Waals surface area contributed by atoms with Gasteiger partial charge < -0.3 is 10.4 Å². The van der Waals surface area contributed by atoms with Crippen LogP contribution >= 0.6 is 0 Å². The highest BCUT2D eigenvalue weighted by molar-refractivity contribution is 5.94. The number of aliphatic hydroxyl groups excluding tert-OH is 1. The van der Waals surface area contributed by atoms with Crippen LogP contribution in [0.5, 0.6) is 0 Å². The van der Waals surface area contributed by atoms with E-state index in [-0.39, 0.29) is 12.5 Å². The Balaban J connectivity index is 1.98. The zero-order chi connectivity index (χ0) is 15.2. The van der Waals surface area contributed by atoms with Gasteiger partial charge in [0.05, 0.1) is 24.2 Å². The van der Waals surface area contributed by atoms with Gasteiger partial charge in [0.2, 0.25) is 0 Å². The number of hydrogen-bond donors (Lipinski definition) is 2. The quantitative estimate of drug-likeness (QED) is 0.842. The average Bonchev–Trinajstić information content (AvgIpc) is 2.98. The summed E-state index contributed by atoms with van der Waals surface area (Å²) in [7, 11) is 0. The minimum atomic E-state index is -0.521. The van der Waals surface area contributed by atoms with Gasteiger partial charge in [-0.05, 0) is 30.5 Å². The predicted molar refractivity (Wildman–Crippen MR) is 79.2 cm³/mol. The number of nitrogens with zero attached hydrogens (tertiary/aromatic N) is 3. The smallest absolute Gasteiger partial charge is 0.251 e. The van der Waals surface area contributed by atoms with Crippen molar-refractivity contribution in [3.05, 3.63) is 42.2 Å². The SMILES string of the molecule is CC(C)CC(O)CNC(=O)c1cccc(-n2ccnn2)c1. The van der Waals surface area contributed by atoms with Crippen molar-refractivity contribution < 1.29 is 9.90 Å². The van der Waals surface area contributed by atoms with Gasteiger partial charge in [-0.3, -0.25) is 4.79 Å². The van der Waals surface area contributed by atoms with Crippen molar-refractivity contribution in [2.45, 2.75) is 26.4 Å². The van der Waals surface area contributed by atoms with E-state index in [1.807, 2.05) is 19.9 Å². The van der Waals surface area contributed by atoms with Crippen LogP contribution in [0, 0.1) is 5.92 Å². The summed E-state index contributed by atoms with van der Waals surface area (Å²) >= 11 is 0. The van der Waals surface area contributed by atoms with Crippen LogP contribution in [0.25, 0.3) is 5.69 Å². The molecule has 6 nitrogen and oxygen atoms in total. The predicted octanol–water partition coefficient (Wildman–Crippen LogP) is 1.40. The van der Waals surface area contributed by atoms with Gasteiger partial charge in [0.1, 0.15) is 0 Å². The van der Waals surface area contributed by atoms with Crippen molar-refractivity contribution in [2.24, 2.45) is 5.92 Å². The molecule has 0 bridgehead atoms. The number of benzene rings is 1. The summed E-state index contributed by atoms with van der Waals surface area (Å²) in [6.07, 6.45) is 3.44. The number of carbonyl (C=O) groups excluding carboxylic acids is 1. The molecule has 1 aromatic heterocycles. The van der Waals surface area contributed by atoms with Crippen LogP contribution in [0.1, 0.15) is 30.6 Å². The molecule has 0 fully saturated rings. The maximum Gasteiger partial charge on any atom is 0.251 e. The Hall–Kier alpha value is -2.21. The molecule has 0 spiro atoms. The van der Waals surface area contributed by atoms with Gasteiger partial charge >= 0.3 is 0 Å². The first-order valence-electron chi connectivity index (χ1n) is 6.99. The number of aromatic nitrogens is 3. The van der Waals surface area contributed by atoms with Crippen LogP contribution in [0.15, 0.2) is 36.7 Å². The Morgan fingerprint density at radius 2 is 2.24 bits per heavy atom. The standard InChI is InChI=1S/C15H20N4O2/c1-11(2)8-14(20)10-16-15(21)12-4-3-5-13(9-12)19-7-6-17-18-19/h3-7,9,11,14,20H,8,10H2,1-2H3,(H,16,21). The maximum atomic E-state index is 12.1. The summed E-state index contributed by atoms with van der Waals surface area (Å²) in [6.45, 7) is 4.32. The van der Waals surface area contributed by atoms with Crippen molar-refractivity contribution in [3.63, 3.8) is 0 Å². The number of carbonyl (C=O) groups is 1. The first kappa shape index (κ1) is 15.2. The van der Waals surface area contributed by atoms with Gasteiger partial charge in [0.15, 0.2) is 0 Å². The third-order valence-electron chi connectivity index (χ3n) is 3.04. The highest BCUT2D eigenvalue weighted by atomic mass is 16.3. The molecular weight excluding hydrogens is 268 g/mol. The van der Waals surface area contributed by atoms with E-state index in [4.69, 9.17) is 0 Å². The molecule has 21 heavy (non-hydrogen) atoms. The van der Waals surface area contributed by atoms with Crippen molar-refractivity contribution in [1.29, 1.82) is 0 Å². The van der Waals surface area contributed by atoms with Gasteiger partial charge in [-0.15, -0.1) is 5.10 Å². The van der Waals surface area contributed by atoms with E-state index in [2.05, 4.69) is 15.6 Å². The molecule has 2 aromatic rings. The lowest BCUT2D eigenvalue weighted by Crippen LogP contribution is -2.32. The zero-order valence-corrected chi connectivity index (χ0v) is 12.2. The summed E-state index contributed by atoms with van der Waals surface area (Å²) < 4.78 is 1.59. The lowest BCUT2D eigenvalue weighted by Gasteiger charge is -2.14. The lowest BCUT2D eigenvalue weighted by molar-refractivity contribution is 0.0900. The van der Waals surface area contributed by atoms with Crippen LogP contribution in [0.2, 0.25) is 0 Å². The molecule has 1 aromatic carbocycles. The molecule has 1 amide bonds. The second-order valence-corrected chi connectivity index (χ2v) is 5.39. The molecule has 2 rings (SSSR count). The zero-order valence-electron chi connectivity index (χ0n) is 12.2. The van der Waals surface area contributed by atoms with E-state index in [0.717, 1.165) is 5.69 Å². The molecule has 2 N–H and O–H groups in total. The molecule has 1 unspecified atom stereocenters. The van der Waals surface area contributed by atoms with E-state index in [0.29, 0.717) is 17.9 Å². The first-order chi connectivity index (χ1) is 10.1. The second kappa shape index (κ2) is 6.99. The number of aliphatic hydroxyl groups is 1. The van der Waals surface area contributed by atoms with Gasteiger partial charge in [-0.2, -0.15) is 0 Å². The minimum absolute atomic E-state index is 0.209. The Bertz CT molecular complexity index is 581. The Labute approximate surface area is 123 Å². The van der Waals surface area contributed by atoms with Gasteiger partial charge in [0.25, 0.3) is 5.91 Å². The largest absolute Gasteiger partial charge is 0.391 e. The summed E-state index contributed by atoms with van der Waals surface area (Å²) in [6, 6.07) is 7.10.